The fourth-order valence-corrected chi connectivity index (χ4v) is 7.20. The van der Waals surface area contributed by atoms with Crippen LogP contribution in [-0.4, -0.2) is 51.4 Å². The van der Waals surface area contributed by atoms with Gasteiger partial charge >= 0.3 is 0 Å². The summed E-state index contributed by atoms with van der Waals surface area (Å²) >= 11 is 13.8. The predicted octanol–water partition coefficient (Wildman–Crippen LogP) is 4.29. The van der Waals surface area contributed by atoms with Crippen molar-refractivity contribution < 1.29 is 17.9 Å². The number of fused-ring (bicyclic) bond motifs is 1. The van der Waals surface area contributed by atoms with E-state index in [-0.39, 0.29) is 23.6 Å². The number of benzene rings is 2. The Morgan fingerprint density at radius 1 is 1.13 bits per heavy atom. The Balaban J connectivity index is 1.69. The van der Waals surface area contributed by atoms with E-state index in [1.54, 1.807) is 32.4 Å². The molecule has 0 spiro atoms. The molecule has 1 fully saturated rings. The molecular weight excluding hydrogens is 467 g/mol. The van der Waals surface area contributed by atoms with Gasteiger partial charge in [-0.25, -0.2) is 8.42 Å². The van der Waals surface area contributed by atoms with Crippen LogP contribution in [0.1, 0.15) is 5.56 Å². The highest BCUT2D eigenvalue weighted by Gasteiger charge is 2.47. The third-order valence-corrected chi connectivity index (χ3v) is 8.43. The number of nitrogens with zero attached hydrogens (tertiary/aromatic N) is 2. The number of hydrogen-bond acceptors (Lipinski definition) is 7. The largest absolute Gasteiger partial charge is 0.497 e. The van der Waals surface area contributed by atoms with Gasteiger partial charge in [-0.2, -0.15) is 0 Å². The summed E-state index contributed by atoms with van der Waals surface area (Å²) in [6.07, 6.45) is 0. The highest BCUT2D eigenvalue weighted by Crippen LogP contribution is 2.42. The lowest BCUT2D eigenvalue weighted by molar-refractivity contribution is 0.403. The van der Waals surface area contributed by atoms with Crippen LogP contribution in [0.3, 0.4) is 0 Å². The first-order chi connectivity index (χ1) is 14.3. The average molecular weight is 487 g/mol. The molecule has 30 heavy (non-hydrogen) atoms. The van der Waals surface area contributed by atoms with Crippen molar-refractivity contribution in [2.45, 2.75) is 17.8 Å². The molecule has 1 saturated heterocycles. The molecule has 0 bridgehead atoms. The molecule has 0 N–H and O–H groups in total. The standard InChI is InChI=1S/C20H20Cl2N2O4S2/c1-27-14-5-6-19(28-2)17(8-14)24-18-11-30(25,26)10-16(18)23-20(24)29-9-12-3-4-13(21)7-15(12)22/h3-8,16,18H,9-11H2,1-2H3/t16-,18+/m0/s1. The van der Waals surface area contributed by atoms with Crippen molar-refractivity contribution in [2.24, 2.45) is 4.99 Å². The summed E-state index contributed by atoms with van der Waals surface area (Å²) in [6, 6.07) is 10.3. The third kappa shape index (κ3) is 4.23. The molecule has 0 amide bonds. The van der Waals surface area contributed by atoms with Crippen molar-refractivity contribution in [3.63, 3.8) is 0 Å². The lowest BCUT2D eigenvalue weighted by atomic mass is 10.1. The van der Waals surface area contributed by atoms with Crippen LogP contribution in [0.4, 0.5) is 5.69 Å². The molecule has 2 aromatic carbocycles. The van der Waals surface area contributed by atoms with Crippen LogP contribution in [0.2, 0.25) is 10.0 Å². The Morgan fingerprint density at radius 2 is 1.93 bits per heavy atom. The predicted molar refractivity (Wildman–Crippen MR) is 123 cm³/mol. The van der Waals surface area contributed by atoms with Gasteiger partial charge in [-0.05, 0) is 29.8 Å². The number of ether oxygens (including phenoxy) is 2. The van der Waals surface area contributed by atoms with Crippen molar-refractivity contribution in [1.82, 2.24) is 0 Å². The molecule has 6 nitrogen and oxygen atoms in total. The Morgan fingerprint density at radius 3 is 2.63 bits per heavy atom. The van der Waals surface area contributed by atoms with Gasteiger partial charge in [-0.1, -0.05) is 41.0 Å². The smallest absolute Gasteiger partial charge is 0.164 e. The van der Waals surface area contributed by atoms with E-state index in [4.69, 9.17) is 37.7 Å². The number of amidine groups is 1. The molecule has 2 aliphatic heterocycles. The normalized spacial score (nSPS) is 22.0. The second-order valence-electron chi connectivity index (χ2n) is 7.06. The van der Waals surface area contributed by atoms with Gasteiger partial charge in [0.15, 0.2) is 15.0 Å². The first kappa shape index (κ1) is 21.6. The number of hydrogen-bond donors (Lipinski definition) is 0. The maximum Gasteiger partial charge on any atom is 0.164 e. The summed E-state index contributed by atoms with van der Waals surface area (Å²) < 4.78 is 35.5. The molecular formula is C20H20Cl2N2O4S2. The highest BCUT2D eigenvalue weighted by molar-refractivity contribution is 8.13. The summed E-state index contributed by atoms with van der Waals surface area (Å²) in [6.45, 7) is 0. The number of aliphatic imine (C=N–C) groups is 1. The van der Waals surface area contributed by atoms with Crippen LogP contribution in [0, 0.1) is 0 Å². The zero-order chi connectivity index (χ0) is 21.5. The van der Waals surface area contributed by atoms with E-state index in [0.717, 1.165) is 16.4 Å². The first-order valence-electron chi connectivity index (χ1n) is 9.17. The fraction of sp³-hybridized carbons (Fsp3) is 0.350. The second-order valence-corrected chi connectivity index (χ2v) is 11.0. The van der Waals surface area contributed by atoms with E-state index in [1.165, 1.54) is 11.8 Å². The maximum absolute atomic E-state index is 12.3. The number of rotatable bonds is 5. The zero-order valence-electron chi connectivity index (χ0n) is 16.3. The molecule has 2 atom stereocenters. The number of sulfone groups is 1. The summed E-state index contributed by atoms with van der Waals surface area (Å²) in [4.78, 5) is 6.72. The molecule has 10 heteroatoms. The van der Waals surface area contributed by atoms with Crippen LogP contribution in [0.5, 0.6) is 11.5 Å². The third-order valence-electron chi connectivity index (χ3n) is 5.12. The van der Waals surface area contributed by atoms with E-state index < -0.39 is 9.84 Å². The molecule has 4 rings (SSSR count). The SMILES string of the molecule is COc1ccc(OC)c(N2C(SCc3ccc(Cl)cc3Cl)=N[C@H]3CS(=O)(=O)C[C@H]32)c1. The molecule has 2 aromatic rings. The summed E-state index contributed by atoms with van der Waals surface area (Å²) in [5.74, 6) is 1.95. The Labute approximate surface area is 190 Å². The van der Waals surface area contributed by atoms with Gasteiger partial charge in [0.2, 0.25) is 0 Å². The summed E-state index contributed by atoms with van der Waals surface area (Å²) in [5.41, 5.74) is 1.66. The quantitative estimate of drug-likeness (QED) is 0.627. The minimum atomic E-state index is -3.15. The molecule has 2 aliphatic rings. The van der Waals surface area contributed by atoms with E-state index >= 15 is 0 Å². The molecule has 0 radical (unpaired) electrons. The molecule has 160 valence electrons. The Kier molecular flexibility index (Phi) is 6.12. The van der Waals surface area contributed by atoms with Gasteiger partial charge in [0.05, 0.1) is 43.5 Å². The van der Waals surface area contributed by atoms with E-state index in [0.29, 0.717) is 27.3 Å². The zero-order valence-corrected chi connectivity index (χ0v) is 19.5. The summed E-state index contributed by atoms with van der Waals surface area (Å²) in [7, 11) is 0.0235. The highest BCUT2D eigenvalue weighted by atomic mass is 35.5. The minimum Gasteiger partial charge on any atom is -0.497 e. The Hall–Kier alpha value is -1.61. The van der Waals surface area contributed by atoms with Crippen molar-refractivity contribution in [3.05, 3.63) is 52.0 Å². The number of anilines is 1. The van der Waals surface area contributed by atoms with Crippen LogP contribution in [-0.2, 0) is 15.6 Å². The lowest BCUT2D eigenvalue weighted by Crippen LogP contribution is -2.39. The van der Waals surface area contributed by atoms with E-state index in [1.807, 2.05) is 23.1 Å². The molecule has 0 aliphatic carbocycles. The average Bonchev–Trinajstić information content (AvgIpc) is 3.17. The maximum atomic E-state index is 12.3. The van der Waals surface area contributed by atoms with Crippen molar-refractivity contribution >= 4 is 55.7 Å². The fourth-order valence-electron chi connectivity index (χ4n) is 3.68. The van der Waals surface area contributed by atoms with Crippen LogP contribution >= 0.6 is 35.0 Å². The van der Waals surface area contributed by atoms with Crippen molar-refractivity contribution in [2.75, 3.05) is 30.6 Å². The molecule has 0 unspecified atom stereocenters. The van der Waals surface area contributed by atoms with Gasteiger partial charge in [0.1, 0.15) is 11.5 Å². The van der Waals surface area contributed by atoms with Crippen molar-refractivity contribution in [1.29, 1.82) is 0 Å². The Bertz CT molecular complexity index is 1110. The molecule has 0 saturated carbocycles. The van der Waals surface area contributed by atoms with E-state index in [9.17, 15) is 8.42 Å². The van der Waals surface area contributed by atoms with Crippen LogP contribution in [0.25, 0.3) is 0 Å². The molecule has 0 aromatic heterocycles. The van der Waals surface area contributed by atoms with Gasteiger partial charge in [-0.15, -0.1) is 0 Å². The van der Waals surface area contributed by atoms with Gasteiger partial charge < -0.3 is 14.4 Å². The van der Waals surface area contributed by atoms with Crippen LogP contribution in [0.15, 0.2) is 41.4 Å². The topological polar surface area (TPSA) is 68.2 Å². The number of methoxy groups -OCH3 is 2. The second kappa shape index (κ2) is 8.49. The first-order valence-corrected chi connectivity index (χ1v) is 12.7. The number of thioether (sulfide) groups is 1. The van der Waals surface area contributed by atoms with Gasteiger partial charge in [0, 0.05) is 21.9 Å². The van der Waals surface area contributed by atoms with Crippen LogP contribution < -0.4 is 14.4 Å². The minimum absolute atomic E-state index is 0.0478. The lowest BCUT2D eigenvalue weighted by Gasteiger charge is -2.28. The van der Waals surface area contributed by atoms with Crippen molar-refractivity contribution in [3.8, 4) is 11.5 Å². The van der Waals surface area contributed by atoms with Gasteiger partial charge in [-0.3, -0.25) is 4.99 Å². The summed E-state index contributed by atoms with van der Waals surface area (Å²) in [5, 5.41) is 1.90. The number of halogens is 2. The van der Waals surface area contributed by atoms with E-state index in [2.05, 4.69) is 0 Å². The monoisotopic (exact) mass is 486 g/mol. The van der Waals surface area contributed by atoms with Gasteiger partial charge in [0.25, 0.3) is 0 Å². The molecule has 2 heterocycles.